The van der Waals surface area contributed by atoms with Crippen molar-refractivity contribution in [2.45, 2.75) is 123 Å². The Kier molecular flexibility index (Phi) is 8.57. The summed E-state index contributed by atoms with van der Waals surface area (Å²) in [6, 6.07) is -1.94. The molecule has 5 N–H and O–H groups in total. The van der Waals surface area contributed by atoms with Crippen molar-refractivity contribution in [1.82, 2.24) is 15.5 Å². The van der Waals surface area contributed by atoms with Gasteiger partial charge in [-0.1, -0.05) is 54.4 Å². The molecule has 8 heteroatoms. The minimum atomic E-state index is -1.32. The predicted octanol–water partition coefficient (Wildman–Crippen LogP) is 2.33. The van der Waals surface area contributed by atoms with Crippen LogP contribution in [0.25, 0.3) is 0 Å². The largest absolute Gasteiger partial charge is 0.381 e. The lowest BCUT2D eigenvalue weighted by molar-refractivity contribution is -0.142. The predicted molar refractivity (Wildman–Crippen MR) is 136 cm³/mol. The van der Waals surface area contributed by atoms with Gasteiger partial charge in [0.05, 0.1) is 12.1 Å². The number of carbonyl (C=O) groups is 3. The molecule has 5 atom stereocenters. The van der Waals surface area contributed by atoms with Crippen LogP contribution in [0.1, 0.15) is 92.9 Å². The fraction of sp³-hybridized carbons (Fsp3) is 0.889. The van der Waals surface area contributed by atoms with Crippen molar-refractivity contribution in [2.75, 3.05) is 6.54 Å². The summed E-state index contributed by atoms with van der Waals surface area (Å²) in [7, 11) is 0. The normalized spacial score (nSPS) is 27.8. The Morgan fingerprint density at radius 1 is 1.14 bits per heavy atom. The highest BCUT2D eigenvalue weighted by molar-refractivity contribution is 5.91. The average Bonchev–Trinajstić information content (AvgIpc) is 3.46. The molecule has 0 aromatic rings. The van der Waals surface area contributed by atoms with Crippen LogP contribution in [0.5, 0.6) is 0 Å². The molecule has 200 valence electrons. The highest BCUT2D eigenvalue weighted by Gasteiger charge is 2.56. The van der Waals surface area contributed by atoms with Gasteiger partial charge in [-0.15, -0.1) is 0 Å². The fourth-order valence-electron chi connectivity index (χ4n) is 5.74. The number of nitrogens with two attached hydrogens (primary N) is 1. The number of aliphatic hydroxyl groups is 1. The van der Waals surface area contributed by atoms with Crippen LogP contribution in [-0.2, 0) is 14.4 Å². The van der Waals surface area contributed by atoms with E-state index in [1.807, 2.05) is 27.7 Å². The second-order valence-corrected chi connectivity index (χ2v) is 12.7. The number of hydrogen-bond donors (Lipinski definition) is 4. The van der Waals surface area contributed by atoms with Crippen molar-refractivity contribution < 1.29 is 19.5 Å². The molecule has 8 nitrogen and oxygen atoms in total. The molecule has 3 rings (SSSR count). The van der Waals surface area contributed by atoms with Crippen molar-refractivity contribution in [3.8, 4) is 0 Å². The molecule has 35 heavy (non-hydrogen) atoms. The van der Waals surface area contributed by atoms with Crippen LogP contribution < -0.4 is 16.4 Å². The summed E-state index contributed by atoms with van der Waals surface area (Å²) in [5.74, 6) is -0.126. The van der Waals surface area contributed by atoms with Crippen molar-refractivity contribution in [1.29, 1.82) is 0 Å². The van der Waals surface area contributed by atoms with Crippen LogP contribution in [-0.4, -0.2) is 64.5 Å². The molecule has 0 bridgehead atoms. The molecule has 1 saturated heterocycles. The van der Waals surface area contributed by atoms with Crippen LogP contribution in [0.2, 0.25) is 0 Å². The van der Waals surface area contributed by atoms with Gasteiger partial charge in [0.15, 0.2) is 6.10 Å². The van der Waals surface area contributed by atoms with Crippen LogP contribution in [0.15, 0.2) is 0 Å². The minimum Gasteiger partial charge on any atom is -0.381 e. The Labute approximate surface area is 211 Å². The Bertz CT molecular complexity index is 787. The van der Waals surface area contributed by atoms with Gasteiger partial charge in [-0.05, 0) is 61.2 Å². The maximum atomic E-state index is 13.7. The van der Waals surface area contributed by atoms with E-state index < -0.39 is 35.6 Å². The third-order valence-electron chi connectivity index (χ3n) is 8.77. The molecule has 0 aromatic carbocycles. The maximum absolute atomic E-state index is 13.7. The summed E-state index contributed by atoms with van der Waals surface area (Å²) in [5.41, 5.74) is 5.84. The zero-order valence-corrected chi connectivity index (χ0v) is 22.6. The van der Waals surface area contributed by atoms with Gasteiger partial charge < -0.3 is 26.4 Å². The molecule has 3 amide bonds. The monoisotopic (exact) mass is 492 g/mol. The van der Waals surface area contributed by atoms with Gasteiger partial charge in [0.2, 0.25) is 11.8 Å². The van der Waals surface area contributed by atoms with Gasteiger partial charge in [0.1, 0.15) is 6.04 Å². The molecule has 0 radical (unpaired) electrons. The second kappa shape index (κ2) is 10.8. The molecule has 2 saturated carbocycles. The van der Waals surface area contributed by atoms with E-state index in [2.05, 4.69) is 24.5 Å². The van der Waals surface area contributed by atoms with Gasteiger partial charge in [0, 0.05) is 12.6 Å². The topological polar surface area (TPSA) is 125 Å². The number of likely N-dealkylation sites (tertiary alicyclic amines) is 1. The third kappa shape index (κ3) is 6.01. The molecule has 3 aliphatic rings. The van der Waals surface area contributed by atoms with E-state index >= 15 is 0 Å². The van der Waals surface area contributed by atoms with Crippen molar-refractivity contribution in [3.05, 3.63) is 0 Å². The van der Waals surface area contributed by atoms with Gasteiger partial charge >= 0.3 is 0 Å². The molecule has 1 heterocycles. The molecule has 1 aliphatic heterocycles. The van der Waals surface area contributed by atoms with Crippen LogP contribution >= 0.6 is 0 Å². The number of nitrogens with zero attached hydrogens (tertiary/aromatic N) is 1. The van der Waals surface area contributed by atoms with Crippen LogP contribution in [0.3, 0.4) is 0 Å². The summed E-state index contributed by atoms with van der Waals surface area (Å²) >= 11 is 0. The van der Waals surface area contributed by atoms with E-state index in [-0.39, 0.29) is 23.3 Å². The lowest BCUT2D eigenvalue weighted by Crippen LogP contribution is -2.58. The molecule has 2 unspecified atom stereocenters. The van der Waals surface area contributed by atoms with Crippen LogP contribution in [0.4, 0.5) is 0 Å². The van der Waals surface area contributed by atoms with Crippen molar-refractivity contribution in [2.24, 2.45) is 28.4 Å². The first kappa shape index (κ1) is 27.9. The summed E-state index contributed by atoms with van der Waals surface area (Å²) < 4.78 is 0. The number of hydrogen-bond acceptors (Lipinski definition) is 5. The lowest BCUT2D eigenvalue weighted by atomic mass is 9.59. The lowest BCUT2D eigenvalue weighted by Gasteiger charge is -2.46. The zero-order valence-electron chi connectivity index (χ0n) is 22.6. The molecular weight excluding hydrogens is 444 g/mol. The molecule has 3 fully saturated rings. The second-order valence-electron chi connectivity index (χ2n) is 12.7. The van der Waals surface area contributed by atoms with Gasteiger partial charge in [-0.3, -0.25) is 14.4 Å². The van der Waals surface area contributed by atoms with E-state index in [0.29, 0.717) is 37.6 Å². The summed E-state index contributed by atoms with van der Waals surface area (Å²) in [4.78, 5) is 41.6. The van der Waals surface area contributed by atoms with E-state index in [1.54, 1.807) is 4.90 Å². The van der Waals surface area contributed by atoms with E-state index in [4.69, 9.17) is 5.73 Å². The standard InChI is InChI=1S/C27H48N4O4/c1-7-9-19(21(32)24(34)29-18-12-13-18)30-23(33)20-14-27(16(2)3,17-10-8-11-17)15-31(20)25(35)22(28)26(4,5)6/h16-22,32H,7-15,28H2,1-6H3,(H,29,34)(H,30,33)/t19?,20-,21?,22+,27+/m0/s1. The van der Waals surface area contributed by atoms with E-state index in [9.17, 15) is 19.5 Å². The highest BCUT2D eigenvalue weighted by atomic mass is 16.3. The number of amides is 3. The number of carbonyl (C=O) groups excluding carboxylic acids is 3. The summed E-state index contributed by atoms with van der Waals surface area (Å²) in [6.07, 6.45) is 5.74. The Balaban J connectivity index is 1.84. The third-order valence-corrected chi connectivity index (χ3v) is 8.77. The van der Waals surface area contributed by atoms with Gasteiger partial charge in [-0.25, -0.2) is 0 Å². The molecular formula is C27H48N4O4. The van der Waals surface area contributed by atoms with Crippen molar-refractivity contribution in [3.63, 3.8) is 0 Å². The maximum Gasteiger partial charge on any atom is 0.251 e. The first-order valence-electron chi connectivity index (χ1n) is 13.7. The summed E-state index contributed by atoms with van der Waals surface area (Å²) in [6.45, 7) is 12.7. The Morgan fingerprint density at radius 3 is 2.23 bits per heavy atom. The first-order chi connectivity index (χ1) is 16.3. The fourth-order valence-corrected chi connectivity index (χ4v) is 5.74. The van der Waals surface area contributed by atoms with Gasteiger partial charge in [-0.2, -0.15) is 0 Å². The quantitative estimate of drug-likeness (QED) is 0.373. The Morgan fingerprint density at radius 2 is 1.77 bits per heavy atom. The van der Waals surface area contributed by atoms with Crippen LogP contribution in [0, 0.1) is 22.7 Å². The number of aliphatic hydroxyl groups excluding tert-OH is 1. The molecule has 2 aliphatic carbocycles. The van der Waals surface area contributed by atoms with E-state index in [0.717, 1.165) is 25.7 Å². The Hall–Kier alpha value is -1.67. The smallest absolute Gasteiger partial charge is 0.251 e. The SMILES string of the molecule is CCCC(NC(=O)[C@@H]1C[C@@](C(C)C)(C2CCC2)CN1C(=O)[C@@H](N)C(C)(C)C)C(O)C(=O)NC1CC1. The van der Waals surface area contributed by atoms with Gasteiger partial charge in [0.25, 0.3) is 5.91 Å². The zero-order chi connectivity index (χ0) is 26.1. The first-order valence-corrected chi connectivity index (χ1v) is 13.7. The minimum absolute atomic E-state index is 0.129. The highest BCUT2D eigenvalue weighted by Crippen LogP contribution is 2.54. The summed E-state index contributed by atoms with van der Waals surface area (Å²) in [5, 5.41) is 16.5. The molecule has 0 aromatic heterocycles. The number of rotatable bonds is 10. The number of nitrogens with one attached hydrogen (secondary N) is 2. The van der Waals surface area contributed by atoms with Crippen molar-refractivity contribution >= 4 is 17.7 Å². The average molecular weight is 493 g/mol. The molecule has 0 spiro atoms. The van der Waals surface area contributed by atoms with E-state index in [1.165, 1.54) is 6.42 Å².